The van der Waals surface area contributed by atoms with Crippen LogP contribution in [0.1, 0.15) is 31.4 Å². The van der Waals surface area contributed by atoms with Gasteiger partial charge in [-0.2, -0.15) is 0 Å². The summed E-state index contributed by atoms with van der Waals surface area (Å²) in [5.41, 5.74) is 4.33. The van der Waals surface area contributed by atoms with Gasteiger partial charge >= 0.3 is 0 Å². The molecule has 1 aliphatic rings. The Morgan fingerprint density at radius 2 is 2.07 bits per heavy atom. The number of fused-ring (bicyclic) bond motifs is 1. The Balaban J connectivity index is 2.44. The monoisotopic (exact) mass is 202 g/mol. The molecular formula is C14H18O. The first-order valence-corrected chi connectivity index (χ1v) is 5.59. The van der Waals surface area contributed by atoms with E-state index < -0.39 is 0 Å². The van der Waals surface area contributed by atoms with E-state index in [1.54, 1.807) is 7.11 Å². The molecular weight excluding hydrogens is 184 g/mol. The lowest BCUT2D eigenvalue weighted by molar-refractivity contribution is 0.414. The van der Waals surface area contributed by atoms with Crippen LogP contribution in [0.3, 0.4) is 0 Å². The predicted molar refractivity (Wildman–Crippen MR) is 64.1 cm³/mol. The van der Waals surface area contributed by atoms with E-state index in [1.165, 1.54) is 16.7 Å². The van der Waals surface area contributed by atoms with Gasteiger partial charge in [0.25, 0.3) is 0 Å². The van der Waals surface area contributed by atoms with E-state index in [1.807, 2.05) is 0 Å². The maximum Gasteiger partial charge on any atom is 0.119 e. The second kappa shape index (κ2) is 4.09. The topological polar surface area (TPSA) is 9.23 Å². The first-order valence-electron chi connectivity index (χ1n) is 5.59. The third-order valence-corrected chi connectivity index (χ3v) is 3.02. The van der Waals surface area contributed by atoms with Crippen LogP contribution in [0.2, 0.25) is 0 Å². The van der Waals surface area contributed by atoms with Gasteiger partial charge in [-0.3, -0.25) is 0 Å². The summed E-state index contributed by atoms with van der Waals surface area (Å²) in [4.78, 5) is 0. The fourth-order valence-electron chi connectivity index (χ4n) is 2.23. The number of benzene rings is 1. The van der Waals surface area contributed by atoms with Gasteiger partial charge < -0.3 is 4.74 Å². The van der Waals surface area contributed by atoms with Gasteiger partial charge in [-0.1, -0.05) is 26.0 Å². The Labute approximate surface area is 91.8 Å². The summed E-state index contributed by atoms with van der Waals surface area (Å²) in [6, 6.07) is 6.42. The van der Waals surface area contributed by atoms with Gasteiger partial charge in [-0.15, -0.1) is 0 Å². The van der Waals surface area contributed by atoms with Crippen LogP contribution >= 0.6 is 0 Å². The van der Waals surface area contributed by atoms with Crippen molar-refractivity contribution in [2.45, 2.75) is 26.7 Å². The lowest BCUT2D eigenvalue weighted by Crippen LogP contribution is -2.04. The van der Waals surface area contributed by atoms with Crippen LogP contribution in [0, 0.1) is 5.92 Å². The molecule has 0 heterocycles. The number of aryl methyl sites for hydroxylation is 1. The summed E-state index contributed by atoms with van der Waals surface area (Å²) < 4.78 is 5.26. The van der Waals surface area contributed by atoms with Crippen molar-refractivity contribution in [2.75, 3.05) is 7.11 Å². The quantitative estimate of drug-likeness (QED) is 0.710. The second-order valence-electron chi connectivity index (χ2n) is 4.38. The number of hydrogen-bond donors (Lipinski definition) is 0. The van der Waals surface area contributed by atoms with Crippen LogP contribution in [0.4, 0.5) is 0 Å². The molecule has 1 heteroatoms. The molecule has 0 saturated heterocycles. The zero-order chi connectivity index (χ0) is 10.8. The number of methoxy groups -OCH3 is 1. The average molecular weight is 202 g/mol. The first-order chi connectivity index (χ1) is 7.22. The fourth-order valence-corrected chi connectivity index (χ4v) is 2.23. The van der Waals surface area contributed by atoms with Crippen molar-refractivity contribution in [1.82, 2.24) is 0 Å². The fraction of sp³-hybridized carbons (Fsp3) is 0.429. The van der Waals surface area contributed by atoms with Crippen molar-refractivity contribution < 1.29 is 4.74 Å². The maximum atomic E-state index is 5.26. The summed E-state index contributed by atoms with van der Waals surface area (Å²) in [5, 5.41) is 0. The van der Waals surface area contributed by atoms with E-state index >= 15 is 0 Å². The zero-order valence-electron chi connectivity index (χ0n) is 9.71. The first kappa shape index (κ1) is 10.3. The predicted octanol–water partition coefficient (Wildman–Crippen LogP) is 3.68. The van der Waals surface area contributed by atoms with Crippen LogP contribution in [-0.2, 0) is 6.42 Å². The molecule has 1 aliphatic carbocycles. The molecule has 0 unspecified atom stereocenters. The van der Waals surface area contributed by atoms with E-state index in [-0.39, 0.29) is 0 Å². The average Bonchev–Trinajstić information content (AvgIpc) is 2.27. The third kappa shape index (κ3) is 1.92. The molecule has 0 aromatic heterocycles. The zero-order valence-corrected chi connectivity index (χ0v) is 9.71. The Morgan fingerprint density at radius 1 is 1.27 bits per heavy atom. The normalized spacial score (nSPS) is 14.8. The number of rotatable bonds is 2. The molecule has 0 N–H and O–H groups in total. The Bertz CT molecular complexity index is 388. The van der Waals surface area contributed by atoms with Gasteiger partial charge in [0.2, 0.25) is 0 Å². The van der Waals surface area contributed by atoms with Gasteiger partial charge in [-0.05, 0) is 47.6 Å². The Morgan fingerprint density at radius 3 is 2.73 bits per heavy atom. The largest absolute Gasteiger partial charge is 0.497 e. The summed E-state index contributed by atoms with van der Waals surface area (Å²) in [6.07, 6.45) is 4.68. The molecule has 1 aromatic carbocycles. The lowest BCUT2D eigenvalue weighted by atomic mass is 9.85. The summed E-state index contributed by atoms with van der Waals surface area (Å²) in [6.45, 7) is 4.51. The van der Waals surface area contributed by atoms with Crippen LogP contribution in [0.5, 0.6) is 5.75 Å². The highest BCUT2D eigenvalue weighted by molar-refractivity contribution is 5.72. The molecule has 1 aromatic rings. The molecule has 0 aliphatic heterocycles. The van der Waals surface area contributed by atoms with Gasteiger partial charge in [0.15, 0.2) is 0 Å². The number of hydrogen-bond acceptors (Lipinski definition) is 1. The van der Waals surface area contributed by atoms with E-state index in [2.05, 4.69) is 38.1 Å². The van der Waals surface area contributed by atoms with Gasteiger partial charge in [-0.25, -0.2) is 0 Å². The number of allylic oxidation sites excluding steroid dienone is 2. The van der Waals surface area contributed by atoms with Gasteiger partial charge in [0, 0.05) is 0 Å². The highest BCUT2D eigenvalue weighted by Gasteiger charge is 2.15. The number of ether oxygens (including phenoxy) is 1. The van der Waals surface area contributed by atoms with Crippen LogP contribution in [-0.4, -0.2) is 7.11 Å². The second-order valence-corrected chi connectivity index (χ2v) is 4.38. The summed E-state index contributed by atoms with van der Waals surface area (Å²) in [7, 11) is 1.73. The summed E-state index contributed by atoms with van der Waals surface area (Å²) in [5.74, 6) is 1.58. The molecule has 0 atom stereocenters. The minimum Gasteiger partial charge on any atom is -0.497 e. The highest BCUT2D eigenvalue weighted by Crippen LogP contribution is 2.33. The summed E-state index contributed by atoms with van der Waals surface area (Å²) >= 11 is 0. The van der Waals surface area contributed by atoms with Crippen LogP contribution in [0.15, 0.2) is 24.3 Å². The van der Waals surface area contributed by atoms with E-state index in [0.29, 0.717) is 5.92 Å². The van der Waals surface area contributed by atoms with Crippen molar-refractivity contribution in [2.24, 2.45) is 5.92 Å². The maximum absolute atomic E-state index is 5.26. The van der Waals surface area contributed by atoms with Crippen LogP contribution < -0.4 is 4.74 Å². The van der Waals surface area contributed by atoms with Crippen molar-refractivity contribution >= 4 is 5.57 Å². The molecule has 1 nitrogen and oxygen atoms in total. The Hall–Kier alpha value is -1.24. The molecule has 0 fully saturated rings. The standard InChI is InChI=1S/C14H18O/c1-10(2)13-6-4-5-11-9-12(15-3)7-8-14(11)13/h6-10H,4-5H2,1-3H3. The van der Waals surface area contributed by atoms with Crippen molar-refractivity contribution in [3.8, 4) is 5.75 Å². The molecule has 0 spiro atoms. The van der Waals surface area contributed by atoms with E-state index in [4.69, 9.17) is 4.74 Å². The highest BCUT2D eigenvalue weighted by atomic mass is 16.5. The molecule has 80 valence electrons. The molecule has 0 radical (unpaired) electrons. The molecule has 2 rings (SSSR count). The molecule has 0 amide bonds. The van der Waals surface area contributed by atoms with Crippen molar-refractivity contribution in [1.29, 1.82) is 0 Å². The molecule has 0 saturated carbocycles. The Kier molecular flexibility index (Phi) is 2.81. The minimum atomic E-state index is 0.609. The smallest absolute Gasteiger partial charge is 0.119 e. The van der Waals surface area contributed by atoms with Crippen molar-refractivity contribution in [3.63, 3.8) is 0 Å². The van der Waals surface area contributed by atoms with Gasteiger partial charge in [0.05, 0.1) is 7.11 Å². The van der Waals surface area contributed by atoms with Crippen molar-refractivity contribution in [3.05, 3.63) is 35.4 Å². The van der Waals surface area contributed by atoms with E-state index in [0.717, 1.165) is 18.6 Å². The molecule has 15 heavy (non-hydrogen) atoms. The third-order valence-electron chi connectivity index (χ3n) is 3.02. The molecule has 0 bridgehead atoms. The van der Waals surface area contributed by atoms with E-state index in [9.17, 15) is 0 Å². The lowest BCUT2D eigenvalue weighted by Gasteiger charge is -2.21. The minimum absolute atomic E-state index is 0.609. The SMILES string of the molecule is COc1ccc2c(c1)CCC=C2C(C)C. The van der Waals surface area contributed by atoms with Gasteiger partial charge in [0.1, 0.15) is 5.75 Å². The van der Waals surface area contributed by atoms with Crippen LogP contribution in [0.25, 0.3) is 5.57 Å².